The smallest absolute Gasteiger partial charge is 0.343 e. The van der Waals surface area contributed by atoms with Gasteiger partial charge in [0, 0.05) is 36.9 Å². The molecule has 2 aromatic rings. The van der Waals surface area contributed by atoms with Crippen LogP contribution in [0.3, 0.4) is 0 Å². The van der Waals surface area contributed by atoms with Crippen molar-refractivity contribution in [3.8, 4) is 5.75 Å². The van der Waals surface area contributed by atoms with E-state index in [1.54, 1.807) is 18.2 Å². The van der Waals surface area contributed by atoms with E-state index in [-0.39, 0.29) is 22.2 Å². The van der Waals surface area contributed by atoms with Crippen molar-refractivity contribution in [2.24, 2.45) is 0 Å². The molecule has 0 aliphatic heterocycles. The van der Waals surface area contributed by atoms with E-state index >= 15 is 0 Å². The van der Waals surface area contributed by atoms with Gasteiger partial charge in [0.1, 0.15) is 5.75 Å². The molecule has 0 bridgehead atoms. The number of urea groups is 1. The number of hydrogen-bond donors (Lipinski definition) is 2. The Labute approximate surface area is 178 Å². The zero-order valence-corrected chi connectivity index (χ0v) is 18.6. The first kappa shape index (κ1) is 22.9. The van der Waals surface area contributed by atoms with Crippen LogP contribution in [0.25, 0.3) is 0 Å². The molecule has 2 aromatic carbocycles. The van der Waals surface area contributed by atoms with Crippen LogP contribution in [0, 0.1) is 0 Å². The van der Waals surface area contributed by atoms with E-state index in [9.17, 15) is 18.0 Å². The third-order valence-corrected chi connectivity index (χ3v) is 6.57. The van der Waals surface area contributed by atoms with Gasteiger partial charge in [-0.1, -0.05) is 13.0 Å². The topological polar surface area (TPSA) is 105 Å². The highest BCUT2D eigenvalue weighted by molar-refractivity contribution is 9.10. The van der Waals surface area contributed by atoms with Crippen LogP contribution in [0.1, 0.15) is 23.7 Å². The second kappa shape index (κ2) is 9.86. The van der Waals surface area contributed by atoms with Crippen LogP contribution in [0.2, 0.25) is 0 Å². The Kier molecular flexibility index (Phi) is 7.77. The number of amides is 2. The molecule has 0 radical (unpaired) electrons. The van der Waals surface area contributed by atoms with Crippen molar-refractivity contribution in [2.75, 3.05) is 26.0 Å². The molecule has 0 atom stereocenters. The van der Waals surface area contributed by atoms with E-state index in [4.69, 9.17) is 4.74 Å². The van der Waals surface area contributed by atoms with Crippen LogP contribution < -0.4 is 15.4 Å². The van der Waals surface area contributed by atoms with E-state index in [1.807, 2.05) is 6.92 Å². The first-order valence-corrected chi connectivity index (χ1v) is 11.0. The molecular formula is C19H22BrN3O5S. The number of hydrogen-bond acceptors (Lipinski definition) is 5. The van der Waals surface area contributed by atoms with E-state index in [1.165, 1.54) is 38.4 Å². The lowest BCUT2D eigenvalue weighted by molar-refractivity contribution is 0.0734. The first-order chi connectivity index (χ1) is 13.6. The van der Waals surface area contributed by atoms with Crippen LogP contribution in [0.4, 0.5) is 10.5 Å². The van der Waals surface area contributed by atoms with Gasteiger partial charge in [-0.15, -0.1) is 0 Å². The van der Waals surface area contributed by atoms with Crippen LogP contribution >= 0.6 is 15.9 Å². The number of halogens is 1. The Balaban J connectivity index is 2.19. The number of benzene rings is 2. The summed E-state index contributed by atoms with van der Waals surface area (Å²) in [6.45, 7) is 2.49. The van der Waals surface area contributed by atoms with E-state index in [2.05, 4.69) is 26.6 Å². The van der Waals surface area contributed by atoms with Gasteiger partial charge in [0.2, 0.25) is 10.0 Å². The van der Waals surface area contributed by atoms with Crippen LogP contribution in [-0.2, 0) is 10.0 Å². The summed E-state index contributed by atoms with van der Waals surface area (Å²) < 4.78 is 31.5. The summed E-state index contributed by atoms with van der Waals surface area (Å²) in [7, 11) is -0.931. The van der Waals surface area contributed by atoms with Gasteiger partial charge < -0.3 is 15.4 Å². The first-order valence-electron chi connectivity index (χ1n) is 8.74. The van der Waals surface area contributed by atoms with Gasteiger partial charge >= 0.3 is 12.0 Å². The van der Waals surface area contributed by atoms with Crippen molar-refractivity contribution < 1.29 is 22.7 Å². The minimum atomic E-state index is -3.74. The molecule has 0 aromatic heterocycles. The molecule has 0 saturated heterocycles. The Morgan fingerprint density at radius 3 is 2.52 bits per heavy atom. The number of rotatable bonds is 7. The third kappa shape index (κ3) is 6.02. The Hall–Kier alpha value is -2.43. The quantitative estimate of drug-likeness (QED) is 0.463. The fourth-order valence-electron chi connectivity index (χ4n) is 2.24. The largest absolute Gasteiger partial charge is 0.423 e. The van der Waals surface area contributed by atoms with Gasteiger partial charge in [-0.3, -0.25) is 0 Å². The fourth-order valence-corrected chi connectivity index (χ4v) is 4.09. The molecule has 2 N–H and O–H groups in total. The molecule has 2 amide bonds. The monoisotopic (exact) mass is 483 g/mol. The maximum absolute atomic E-state index is 12.5. The van der Waals surface area contributed by atoms with Crippen molar-refractivity contribution in [3.63, 3.8) is 0 Å². The molecule has 0 unspecified atom stereocenters. The highest BCUT2D eigenvalue weighted by Gasteiger charge is 2.22. The number of esters is 1. The molecule has 0 fully saturated rings. The molecule has 0 heterocycles. The summed E-state index contributed by atoms with van der Waals surface area (Å²) in [6.07, 6.45) is 0.809. The van der Waals surface area contributed by atoms with Crippen LogP contribution in [-0.4, -0.2) is 45.4 Å². The van der Waals surface area contributed by atoms with Gasteiger partial charge in [-0.25, -0.2) is 22.3 Å². The van der Waals surface area contributed by atoms with Gasteiger partial charge in [-0.2, -0.15) is 0 Å². The third-order valence-electron chi connectivity index (χ3n) is 3.76. The highest BCUT2D eigenvalue weighted by atomic mass is 79.9. The summed E-state index contributed by atoms with van der Waals surface area (Å²) in [5.41, 5.74) is 0.531. The standard InChI is InChI=1S/C19H22BrN3O5S/c1-4-10-21-19(25)22-14-6-5-7-15(12-14)28-18(24)13-8-9-16(20)17(11-13)29(26,27)23(2)3/h5-9,11-12H,4,10H2,1-3H3,(H2,21,22,25). The normalized spacial score (nSPS) is 11.2. The minimum absolute atomic E-state index is 0.0417. The Morgan fingerprint density at radius 1 is 1.14 bits per heavy atom. The van der Waals surface area contributed by atoms with E-state index in [0.717, 1.165) is 10.7 Å². The second-order valence-electron chi connectivity index (χ2n) is 6.23. The predicted molar refractivity (Wildman–Crippen MR) is 114 cm³/mol. The summed E-state index contributed by atoms with van der Waals surface area (Å²) in [5.74, 6) is -0.511. The van der Waals surface area contributed by atoms with Crippen molar-refractivity contribution >= 4 is 43.6 Å². The highest BCUT2D eigenvalue weighted by Crippen LogP contribution is 2.26. The molecule has 0 aliphatic carbocycles. The molecular weight excluding hydrogens is 462 g/mol. The molecule has 8 nitrogen and oxygen atoms in total. The lowest BCUT2D eigenvalue weighted by Crippen LogP contribution is -2.29. The molecule has 29 heavy (non-hydrogen) atoms. The number of sulfonamides is 1. The minimum Gasteiger partial charge on any atom is -0.423 e. The van der Waals surface area contributed by atoms with Gasteiger partial charge in [0.05, 0.1) is 10.5 Å². The van der Waals surface area contributed by atoms with Crippen molar-refractivity contribution in [2.45, 2.75) is 18.2 Å². The lowest BCUT2D eigenvalue weighted by atomic mass is 10.2. The molecule has 10 heteroatoms. The van der Waals surface area contributed by atoms with Crippen molar-refractivity contribution in [1.82, 2.24) is 9.62 Å². The molecule has 0 aliphatic rings. The number of ether oxygens (including phenoxy) is 1. The Bertz CT molecular complexity index is 1010. The number of carbonyl (C=O) groups is 2. The molecule has 0 spiro atoms. The van der Waals surface area contributed by atoms with Gasteiger partial charge in [0.15, 0.2) is 0 Å². The number of nitrogens with one attached hydrogen (secondary N) is 2. The molecule has 156 valence electrons. The maximum atomic E-state index is 12.5. The van der Waals surface area contributed by atoms with Gasteiger partial charge in [-0.05, 0) is 52.7 Å². The summed E-state index contributed by atoms with van der Waals surface area (Å²) >= 11 is 3.20. The number of nitrogens with zero attached hydrogens (tertiary/aromatic N) is 1. The molecule has 2 rings (SSSR count). The van der Waals surface area contributed by atoms with Crippen LogP contribution in [0.5, 0.6) is 5.75 Å². The number of carbonyl (C=O) groups excluding carboxylic acids is 2. The van der Waals surface area contributed by atoms with Crippen molar-refractivity contribution in [3.05, 3.63) is 52.5 Å². The summed E-state index contributed by atoms with van der Waals surface area (Å²) in [4.78, 5) is 24.2. The van der Waals surface area contributed by atoms with E-state index in [0.29, 0.717) is 16.7 Å². The lowest BCUT2D eigenvalue weighted by Gasteiger charge is -2.14. The summed E-state index contributed by atoms with van der Waals surface area (Å²) in [5, 5.41) is 5.33. The SMILES string of the molecule is CCCNC(=O)Nc1cccc(OC(=O)c2ccc(Br)c(S(=O)(=O)N(C)C)c2)c1. The fraction of sp³-hybridized carbons (Fsp3) is 0.263. The summed E-state index contributed by atoms with van der Waals surface area (Å²) in [6, 6.07) is 10.2. The average Bonchev–Trinajstić information content (AvgIpc) is 2.66. The second-order valence-corrected chi connectivity index (χ2v) is 9.21. The maximum Gasteiger partial charge on any atom is 0.343 e. The zero-order chi connectivity index (χ0) is 21.6. The van der Waals surface area contributed by atoms with Crippen LogP contribution in [0.15, 0.2) is 51.8 Å². The average molecular weight is 484 g/mol. The predicted octanol–water partition coefficient (Wildman–Crippen LogP) is 3.45. The zero-order valence-electron chi connectivity index (χ0n) is 16.2. The number of anilines is 1. The van der Waals surface area contributed by atoms with Gasteiger partial charge in [0.25, 0.3) is 0 Å². The van der Waals surface area contributed by atoms with E-state index < -0.39 is 16.0 Å². The van der Waals surface area contributed by atoms with Crippen molar-refractivity contribution in [1.29, 1.82) is 0 Å². The molecule has 0 saturated carbocycles. The Morgan fingerprint density at radius 2 is 1.86 bits per heavy atom.